The highest BCUT2D eigenvalue weighted by atomic mass is 16.2. The maximum Gasteiger partial charge on any atom is 0.238 e. The Bertz CT molecular complexity index is 729. The minimum absolute atomic E-state index is 0.0524. The number of aryl methyl sites for hydroxylation is 2. The molecule has 2 aromatic carbocycles. The van der Waals surface area contributed by atoms with E-state index in [0.717, 1.165) is 25.2 Å². The number of hydrogen-bond donors (Lipinski definition) is 1. The predicted octanol–water partition coefficient (Wildman–Crippen LogP) is 4.03. The maximum absolute atomic E-state index is 12.3. The average Bonchev–Trinajstić information content (AvgIpc) is 2.55. The number of nitrogens with zero attached hydrogens (tertiary/aromatic N) is 1. The lowest BCUT2D eigenvalue weighted by Crippen LogP contribution is -2.36. The number of anilines is 1. The molecule has 0 atom stereocenters. The highest BCUT2D eigenvalue weighted by Crippen LogP contribution is 2.22. The molecule has 0 aromatic heterocycles. The normalized spacial score (nSPS) is 15.0. The van der Waals surface area contributed by atoms with E-state index in [-0.39, 0.29) is 5.91 Å². The Morgan fingerprint density at radius 3 is 2.42 bits per heavy atom. The van der Waals surface area contributed by atoms with Gasteiger partial charge in [-0.05, 0) is 54.7 Å². The van der Waals surface area contributed by atoms with Crippen LogP contribution in [0.1, 0.15) is 23.1 Å². The number of benzene rings is 2. The minimum atomic E-state index is 0.0524. The van der Waals surface area contributed by atoms with Crippen molar-refractivity contribution in [1.29, 1.82) is 0 Å². The monoisotopic (exact) mass is 320 g/mol. The van der Waals surface area contributed by atoms with Crippen LogP contribution in [-0.2, 0) is 4.79 Å². The fraction of sp³-hybridized carbons (Fsp3) is 0.286. The molecule has 0 saturated heterocycles. The molecule has 1 heterocycles. The van der Waals surface area contributed by atoms with E-state index in [0.29, 0.717) is 6.54 Å². The summed E-state index contributed by atoms with van der Waals surface area (Å²) in [6.45, 7) is 6.27. The zero-order chi connectivity index (χ0) is 16.9. The maximum atomic E-state index is 12.3. The molecular formula is C21H24N2O. The third kappa shape index (κ3) is 4.33. The first-order chi connectivity index (χ1) is 11.6. The third-order valence-corrected chi connectivity index (χ3v) is 4.31. The molecule has 0 aliphatic carbocycles. The summed E-state index contributed by atoms with van der Waals surface area (Å²) in [6.07, 6.45) is 3.23. The Morgan fingerprint density at radius 2 is 1.79 bits per heavy atom. The van der Waals surface area contributed by atoms with Crippen LogP contribution in [0, 0.1) is 13.8 Å². The van der Waals surface area contributed by atoms with Gasteiger partial charge in [-0.2, -0.15) is 0 Å². The molecule has 124 valence electrons. The second-order valence-electron chi connectivity index (χ2n) is 6.51. The van der Waals surface area contributed by atoms with Crippen LogP contribution in [0.3, 0.4) is 0 Å². The van der Waals surface area contributed by atoms with E-state index in [1.165, 1.54) is 22.3 Å². The first-order valence-corrected chi connectivity index (χ1v) is 8.45. The standard InChI is InChI=1S/C21H24N2O/c1-16-12-17(2)14-20(13-16)22-21(24)15-23-10-8-19(9-11-23)18-6-4-3-5-7-18/h3-8,12-14H,9-11,15H2,1-2H3,(H,22,24). The van der Waals surface area contributed by atoms with E-state index < -0.39 is 0 Å². The van der Waals surface area contributed by atoms with E-state index in [4.69, 9.17) is 0 Å². The molecule has 0 fully saturated rings. The molecule has 2 aromatic rings. The minimum Gasteiger partial charge on any atom is -0.325 e. The zero-order valence-corrected chi connectivity index (χ0v) is 14.4. The van der Waals surface area contributed by atoms with Crippen molar-refractivity contribution in [3.63, 3.8) is 0 Å². The van der Waals surface area contributed by atoms with Crippen LogP contribution in [0.5, 0.6) is 0 Å². The molecular weight excluding hydrogens is 296 g/mol. The lowest BCUT2D eigenvalue weighted by molar-refractivity contribution is -0.117. The molecule has 0 unspecified atom stereocenters. The van der Waals surface area contributed by atoms with Gasteiger partial charge in [-0.1, -0.05) is 42.5 Å². The first-order valence-electron chi connectivity index (χ1n) is 8.45. The van der Waals surface area contributed by atoms with Crippen LogP contribution in [0.15, 0.2) is 54.6 Å². The fourth-order valence-corrected chi connectivity index (χ4v) is 3.22. The van der Waals surface area contributed by atoms with Gasteiger partial charge in [0.25, 0.3) is 0 Å². The van der Waals surface area contributed by atoms with Gasteiger partial charge in [-0.25, -0.2) is 0 Å². The van der Waals surface area contributed by atoms with Crippen molar-refractivity contribution in [2.24, 2.45) is 0 Å². The highest BCUT2D eigenvalue weighted by Gasteiger charge is 2.15. The summed E-state index contributed by atoms with van der Waals surface area (Å²) in [5, 5.41) is 3.01. The summed E-state index contributed by atoms with van der Waals surface area (Å²) in [6, 6.07) is 16.6. The Labute approximate surface area is 144 Å². The Hall–Kier alpha value is -2.39. The van der Waals surface area contributed by atoms with Crippen molar-refractivity contribution in [2.75, 3.05) is 25.0 Å². The largest absolute Gasteiger partial charge is 0.325 e. The lowest BCUT2D eigenvalue weighted by Gasteiger charge is -2.26. The Balaban J connectivity index is 1.56. The van der Waals surface area contributed by atoms with Gasteiger partial charge in [0.15, 0.2) is 0 Å². The first kappa shape index (κ1) is 16.5. The van der Waals surface area contributed by atoms with Crippen LogP contribution < -0.4 is 5.32 Å². The smallest absolute Gasteiger partial charge is 0.238 e. The molecule has 3 heteroatoms. The third-order valence-electron chi connectivity index (χ3n) is 4.31. The van der Waals surface area contributed by atoms with Gasteiger partial charge in [0.05, 0.1) is 6.54 Å². The summed E-state index contributed by atoms with van der Waals surface area (Å²) in [7, 11) is 0. The summed E-state index contributed by atoms with van der Waals surface area (Å²) in [4.78, 5) is 14.5. The number of rotatable bonds is 4. The van der Waals surface area contributed by atoms with E-state index in [2.05, 4.69) is 46.6 Å². The molecule has 0 spiro atoms. The molecule has 1 amide bonds. The van der Waals surface area contributed by atoms with Crippen LogP contribution in [0.25, 0.3) is 5.57 Å². The van der Waals surface area contributed by atoms with Gasteiger partial charge in [0.1, 0.15) is 0 Å². The summed E-state index contributed by atoms with van der Waals surface area (Å²) in [5.41, 5.74) is 5.88. The SMILES string of the molecule is Cc1cc(C)cc(NC(=O)CN2CC=C(c3ccccc3)CC2)c1. The number of nitrogens with one attached hydrogen (secondary N) is 1. The van der Waals surface area contributed by atoms with Gasteiger partial charge in [0, 0.05) is 18.8 Å². The number of carbonyl (C=O) groups is 1. The van der Waals surface area contributed by atoms with E-state index >= 15 is 0 Å². The number of carbonyl (C=O) groups excluding carboxylic acids is 1. The zero-order valence-electron chi connectivity index (χ0n) is 14.4. The number of amides is 1. The van der Waals surface area contributed by atoms with E-state index in [9.17, 15) is 4.79 Å². The lowest BCUT2D eigenvalue weighted by atomic mass is 10.00. The van der Waals surface area contributed by atoms with Crippen LogP contribution in [-0.4, -0.2) is 30.4 Å². The summed E-state index contributed by atoms with van der Waals surface area (Å²) >= 11 is 0. The van der Waals surface area contributed by atoms with Crippen molar-refractivity contribution >= 4 is 17.2 Å². The summed E-state index contributed by atoms with van der Waals surface area (Å²) < 4.78 is 0. The van der Waals surface area contributed by atoms with Gasteiger partial charge in [-0.3, -0.25) is 9.69 Å². The molecule has 3 nitrogen and oxygen atoms in total. The quantitative estimate of drug-likeness (QED) is 0.922. The van der Waals surface area contributed by atoms with Crippen LogP contribution >= 0.6 is 0 Å². The molecule has 1 N–H and O–H groups in total. The molecule has 0 saturated carbocycles. The topological polar surface area (TPSA) is 32.3 Å². The van der Waals surface area contributed by atoms with Crippen molar-refractivity contribution in [3.05, 3.63) is 71.3 Å². The molecule has 0 bridgehead atoms. The average molecular weight is 320 g/mol. The molecule has 3 rings (SSSR count). The van der Waals surface area contributed by atoms with Crippen molar-refractivity contribution < 1.29 is 4.79 Å². The van der Waals surface area contributed by atoms with Gasteiger partial charge >= 0.3 is 0 Å². The van der Waals surface area contributed by atoms with Gasteiger partial charge in [0.2, 0.25) is 5.91 Å². The van der Waals surface area contributed by atoms with Crippen molar-refractivity contribution in [1.82, 2.24) is 4.90 Å². The van der Waals surface area contributed by atoms with Crippen molar-refractivity contribution in [2.45, 2.75) is 20.3 Å². The summed E-state index contributed by atoms with van der Waals surface area (Å²) in [5.74, 6) is 0.0524. The predicted molar refractivity (Wildman–Crippen MR) is 100 cm³/mol. The number of hydrogen-bond acceptors (Lipinski definition) is 2. The van der Waals surface area contributed by atoms with Gasteiger partial charge < -0.3 is 5.32 Å². The second kappa shape index (κ2) is 7.45. The van der Waals surface area contributed by atoms with E-state index in [1.54, 1.807) is 0 Å². The molecule has 1 aliphatic rings. The van der Waals surface area contributed by atoms with Crippen molar-refractivity contribution in [3.8, 4) is 0 Å². The van der Waals surface area contributed by atoms with E-state index in [1.807, 2.05) is 32.0 Å². The molecule has 0 radical (unpaired) electrons. The van der Waals surface area contributed by atoms with Gasteiger partial charge in [-0.15, -0.1) is 0 Å². The van der Waals surface area contributed by atoms with Crippen LogP contribution in [0.4, 0.5) is 5.69 Å². The highest BCUT2D eigenvalue weighted by molar-refractivity contribution is 5.92. The Kier molecular flexibility index (Phi) is 5.11. The Morgan fingerprint density at radius 1 is 1.08 bits per heavy atom. The second-order valence-corrected chi connectivity index (χ2v) is 6.51. The fourth-order valence-electron chi connectivity index (χ4n) is 3.22. The van der Waals surface area contributed by atoms with Crippen LogP contribution in [0.2, 0.25) is 0 Å². The molecule has 24 heavy (non-hydrogen) atoms. The molecule has 1 aliphatic heterocycles.